The van der Waals surface area contributed by atoms with Crippen LogP contribution >= 0.6 is 0 Å². The zero-order chi connectivity index (χ0) is 18.1. The van der Waals surface area contributed by atoms with Gasteiger partial charge in [-0.15, -0.1) is 0 Å². The van der Waals surface area contributed by atoms with Crippen LogP contribution in [0.15, 0.2) is 72.8 Å². The van der Waals surface area contributed by atoms with E-state index in [1.54, 1.807) is 13.0 Å². The highest BCUT2D eigenvalue weighted by Crippen LogP contribution is 2.19. The molecule has 2 aromatic rings. The lowest BCUT2D eigenvalue weighted by Gasteiger charge is -2.04. The molecule has 0 radical (unpaired) electrons. The maximum Gasteiger partial charge on any atom is 0.333 e. The van der Waals surface area contributed by atoms with Crippen molar-refractivity contribution in [2.24, 2.45) is 0 Å². The topological polar surface area (TPSA) is 52.6 Å². The van der Waals surface area contributed by atoms with Crippen molar-refractivity contribution < 1.29 is 19.1 Å². The zero-order valence-corrected chi connectivity index (χ0v) is 14.1. The van der Waals surface area contributed by atoms with Crippen molar-refractivity contribution in [1.82, 2.24) is 0 Å². The van der Waals surface area contributed by atoms with E-state index in [1.165, 1.54) is 6.08 Å². The van der Waals surface area contributed by atoms with E-state index < -0.39 is 11.9 Å². The second kappa shape index (κ2) is 9.23. The summed E-state index contributed by atoms with van der Waals surface area (Å²) in [6.07, 6.45) is 3.02. The van der Waals surface area contributed by atoms with Crippen molar-refractivity contribution in [1.29, 1.82) is 0 Å². The molecule has 4 heteroatoms. The van der Waals surface area contributed by atoms with Gasteiger partial charge in [0, 0.05) is 11.6 Å². The predicted octanol–water partition coefficient (Wildman–Crippen LogP) is 4.03. The lowest BCUT2D eigenvalue weighted by Crippen LogP contribution is -2.12. The Morgan fingerprint density at radius 3 is 2.16 bits per heavy atom. The number of hydrogen-bond donors (Lipinski definition) is 0. The second-order valence-corrected chi connectivity index (χ2v) is 5.41. The van der Waals surface area contributed by atoms with Crippen LogP contribution in [0.3, 0.4) is 0 Å². The molecule has 0 saturated heterocycles. The largest absolute Gasteiger partial charge is 0.459 e. The lowest BCUT2D eigenvalue weighted by atomic mass is 10.0. The summed E-state index contributed by atoms with van der Waals surface area (Å²) in [6, 6.07) is 17.9. The molecule has 25 heavy (non-hydrogen) atoms. The van der Waals surface area contributed by atoms with Crippen LogP contribution < -0.4 is 0 Å². The Bertz CT molecular complexity index is 758. The first-order valence-electron chi connectivity index (χ1n) is 7.89. The van der Waals surface area contributed by atoms with Crippen molar-refractivity contribution in [3.05, 3.63) is 78.4 Å². The highest BCUT2D eigenvalue weighted by atomic mass is 16.6. The molecule has 0 amide bonds. The van der Waals surface area contributed by atoms with Gasteiger partial charge in [-0.2, -0.15) is 0 Å². The van der Waals surface area contributed by atoms with Crippen LogP contribution in [0.4, 0.5) is 0 Å². The first-order chi connectivity index (χ1) is 12.1. The van der Waals surface area contributed by atoms with Gasteiger partial charge in [0.25, 0.3) is 0 Å². The quantitative estimate of drug-likeness (QED) is 0.435. The average molecular weight is 336 g/mol. The Balaban J connectivity index is 1.80. The van der Waals surface area contributed by atoms with Crippen molar-refractivity contribution in [2.45, 2.75) is 6.92 Å². The standard InChI is InChI=1S/C21H20O4/c1-16(2)21(23)25-15-14-24-20(22)13-10-17-8-11-19(12-9-17)18-6-4-3-5-7-18/h3-13H,1,14-15H2,2H3. The number of carbonyl (C=O) groups excluding carboxylic acids is 2. The minimum absolute atomic E-state index is 0.00907. The molecule has 0 heterocycles. The highest BCUT2D eigenvalue weighted by molar-refractivity contribution is 5.87. The Hall–Kier alpha value is -3.14. The maximum atomic E-state index is 11.6. The van der Waals surface area contributed by atoms with Gasteiger partial charge in [0.2, 0.25) is 0 Å². The molecule has 128 valence electrons. The average Bonchev–Trinajstić information content (AvgIpc) is 2.64. The summed E-state index contributed by atoms with van der Waals surface area (Å²) < 4.78 is 9.79. The SMILES string of the molecule is C=C(C)C(=O)OCCOC(=O)C=Cc1ccc(-c2ccccc2)cc1. The fourth-order valence-corrected chi connectivity index (χ4v) is 2.03. The molecule has 0 aliphatic heterocycles. The molecule has 0 atom stereocenters. The Morgan fingerprint density at radius 2 is 1.52 bits per heavy atom. The molecule has 0 aromatic heterocycles. The zero-order valence-electron chi connectivity index (χ0n) is 14.1. The summed E-state index contributed by atoms with van der Waals surface area (Å²) in [4.78, 5) is 22.8. The van der Waals surface area contributed by atoms with E-state index in [2.05, 4.69) is 6.58 Å². The van der Waals surface area contributed by atoms with Crippen LogP contribution in [-0.4, -0.2) is 25.2 Å². The van der Waals surface area contributed by atoms with Gasteiger partial charge < -0.3 is 9.47 Å². The summed E-state index contributed by atoms with van der Waals surface area (Å²) in [5.41, 5.74) is 3.46. The number of ether oxygens (including phenoxy) is 2. The van der Waals surface area contributed by atoms with E-state index in [4.69, 9.17) is 9.47 Å². The molecule has 0 fully saturated rings. The predicted molar refractivity (Wildman–Crippen MR) is 97.6 cm³/mol. The molecule has 0 saturated carbocycles. The minimum atomic E-state index is -0.495. The number of hydrogen-bond acceptors (Lipinski definition) is 4. The first kappa shape index (κ1) is 18.2. The van der Waals surface area contributed by atoms with Crippen molar-refractivity contribution in [3.63, 3.8) is 0 Å². The van der Waals surface area contributed by atoms with Gasteiger partial charge in [0.05, 0.1) is 0 Å². The van der Waals surface area contributed by atoms with Crippen molar-refractivity contribution in [3.8, 4) is 11.1 Å². The number of benzene rings is 2. The van der Waals surface area contributed by atoms with Crippen LogP contribution in [0.1, 0.15) is 12.5 Å². The van der Waals surface area contributed by atoms with Crippen LogP contribution in [0.25, 0.3) is 17.2 Å². The van der Waals surface area contributed by atoms with Crippen LogP contribution in [0, 0.1) is 0 Å². The Labute approximate surface area is 147 Å². The van der Waals surface area contributed by atoms with E-state index in [-0.39, 0.29) is 13.2 Å². The molecule has 2 aromatic carbocycles. The molecule has 4 nitrogen and oxygen atoms in total. The van der Waals surface area contributed by atoms with E-state index in [0.717, 1.165) is 16.7 Å². The van der Waals surface area contributed by atoms with E-state index in [0.29, 0.717) is 5.57 Å². The summed E-state index contributed by atoms with van der Waals surface area (Å²) >= 11 is 0. The van der Waals surface area contributed by atoms with Crippen molar-refractivity contribution >= 4 is 18.0 Å². The molecule has 0 unspecified atom stereocenters. The molecule has 0 aliphatic carbocycles. The van der Waals surface area contributed by atoms with E-state index in [9.17, 15) is 9.59 Å². The van der Waals surface area contributed by atoms with Crippen LogP contribution in [-0.2, 0) is 19.1 Å². The summed E-state index contributed by atoms with van der Waals surface area (Å²) in [6.45, 7) is 5.04. The van der Waals surface area contributed by atoms with Gasteiger partial charge in [-0.05, 0) is 29.7 Å². The normalized spacial score (nSPS) is 10.4. The number of carbonyl (C=O) groups is 2. The van der Waals surface area contributed by atoms with Gasteiger partial charge in [-0.3, -0.25) is 0 Å². The van der Waals surface area contributed by atoms with E-state index in [1.807, 2.05) is 54.6 Å². The lowest BCUT2D eigenvalue weighted by molar-refractivity contribution is -0.146. The molecule has 0 aliphatic rings. The summed E-state index contributed by atoms with van der Waals surface area (Å²) in [7, 11) is 0. The molecule has 2 rings (SSSR count). The maximum absolute atomic E-state index is 11.6. The van der Waals surface area contributed by atoms with Gasteiger partial charge in [0.15, 0.2) is 0 Å². The highest BCUT2D eigenvalue weighted by Gasteiger charge is 2.03. The summed E-state index contributed by atoms with van der Waals surface area (Å²) in [5, 5.41) is 0. The smallest absolute Gasteiger partial charge is 0.333 e. The Kier molecular flexibility index (Phi) is 6.72. The third-order valence-corrected chi connectivity index (χ3v) is 3.34. The van der Waals surface area contributed by atoms with Crippen molar-refractivity contribution in [2.75, 3.05) is 13.2 Å². The molecule has 0 spiro atoms. The van der Waals surface area contributed by atoms with Gasteiger partial charge in [-0.25, -0.2) is 9.59 Å². The fourth-order valence-electron chi connectivity index (χ4n) is 2.03. The number of esters is 2. The molecule has 0 N–H and O–H groups in total. The third kappa shape index (κ3) is 6.11. The van der Waals surface area contributed by atoms with Crippen LogP contribution in [0.2, 0.25) is 0 Å². The molecular formula is C21H20O4. The first-order valence-corrected chi connectivity index (χ1v) is 7.89. The third-order valence-electron chi connectivity index (χ3n) is 3.34. The monoisotopic (exact) mass is 336 g/mol. The van der Waals surface area contributed by atoms with Gasteiger partial charge in [-0.1, -0.05) is 61.2 Å². The number of rotatable bonds is 7. The Morgan fingerprint density at radius 1 is 0.920 bits per heavy atom. The molecular weight excluding hydrogens is 316 g/mol. The minimum Gasteiger partial charge on any atom is -0.459 e. The summed E-state index contributed by atoms with van der Waals surface area (Å²) in [5.74, 6) is -0.983. The van der Waals surface area contributed by atoms with Crippen LogP contribution in [0.5, 0.6) is 0 Å². The second-order valence-electron chi connectivity index (χ2n) is 5.41. The van der Waals surface area contributed by atoms with E-state index >= 15 is 0 Å². The van der Waals surface area contributed by atoms with Gasteiger partial charge in [0.1, 0.15) is 13.2 Å². The van der Waals surface area contributed by atoms with Gasteiger partial charge >= 0.3 is 11.9 Å². The fraction of sp³-hybridized carbons (Fsp3) is 0.143. The molecule has 0 bridgehead atoms.